The molecule has 3 aromatic carbocycles. The average Bonchev–Trinajstić information content (AvgIpc) is 3.32. The van der Waals surface area contributed by atoms with Crippen LogP contribution in [0.15, 0.2) is 71.5 Å². The monoisotopic (exact) mass is 471 g/mol. The molecule has 2 amide bonds. The molecule has 0 bridgehead atoms. The first kappa shape index (κ1) is 22.3. The number of nitrogens with one attached hydrogen (secondary N) is 2. The maximum absolute atomic E-state index is 13.4. The second-order valence-corrected chi connectivity index (χ2v) is 8.39. The molecule has 0 atom stereocenters. The summed E-state index contributed by atoms with van der Waals surface area (Å²) in [5, 5.41) is 3.82. The van der Waals surface area contributed by atoms with E-state index in [1.54, 1.807) is 24.1 Å². The molecule has 0 fully saturated rings. The molecule has 4 aromatic rings. The summed E-state index contributed by atoms with van der Waals surface area (Å²) in [4.78, 5) is 30.8. The van der Waals surface area contributed by atoms with E-state index in [0.717, 1.165) is 22.0 Å². The van der Waals surface area contributed by atoms with E-state index in [9.17, 15) is 9.59 Å². The number of carbonyl (C=O) groups is 1. The highest BCUT2D eigenvalue weighted by molar-refractivity contribution is 5.91. The highest BCUT2D eigenvalue weighted by Crippen LogP contribution is 2.33. The van der Waals surface area contributed by atoms with Gasteiger partial charge in [0.15, 0.2) is 11.5 Å². The Morgan fingerprint density at radius 2 is 1.86 bits per heavy atom. The van der Waals surface area contributed by atoms with Crippen LogP contribution in [0.2, 0.25) is 0 Å². The number of amides is 2. The Bertz CT molecular complexity index is 1460. The molecule has 8 heteroatoms. The van der Waals surface area contributed by atoms with Crippen LogP contribution in [0.1, 0.15) is 16.7 Å². The smallest absolute Gasteiger partial charge is 0.322 e. The van der Waals surface area contributed by atoms with Crippen molar-refractivity contribution in [2.45, 2.75) is 20.0 Å². The quantitative estimate of drug-likeness (QED) is 0.421. The van der Waals surface area contributed by atoms with Crippen molar-refractivity contribution in [2.24, 2.45) is 0 Å². The number of fused-ring (bicyclic) bond motifs is 2. The van der Waals surface area contributed by atoms with Gasteiger partial charge >= 0.3 is 6.03 Å². The van der Waals surface area contributed by atoms with Gasteiger partial charge in [-0.05, 0) is 60.3 Å². The third kappa shape index (κ3) is 4.77. The van der Waals surface area contributed by atoms with Crippen molar-refractivity contribution >= 4 is 22.6 Å². The van der Waals surface area contributed by atoms with Crippen LogP contribution in [-0.2, 0) is 13.1 Å². The van der Waals surface area contributed by atoms with Crippen LogP contribution >= 0.6 is 0 Å². The van der Waals surface area contributed by atoms with Crippen molar-refractivity contribution < 1.29 is 19.0 Å². The number of carbonyl (C=O) groups excluding carboxylic acids is 1. The third-order valence-electron chi connectivity index (χ3n) is 5.88. The summed E-state index contributed by atoms with van der Waals surface area (Å²) >= 11 is 0. The second-order valence-electron chi connectivity index (χ2n) is 8.39. The minimum absolute atomic E-state index is 0.106. The van der Waals surface area contributed by atoms with Crippen LogP contribution in [0.3, 0.4) is 0 Å². The lowest BCUT2D eigenvalue weighted by Crippen LogP contribution is -2.35. The molecule has 0 saturated heterocycles. The predicted octanol–water partition coefficient (Wildman–Crippen LogP) is 4.81. The van der Waals surface area contributed by atoms with E-state index in [4.69, 9.17) is 14.2 Å². The third-order valence-corrected chi connectivity index (χ3v) is 5.88. The molecule has 1 aliphatic heterocycles. The van der Waals surface area contributed by atoms with Crippen LogP contribution < -0.4 is 25.1 Å². The van der Waals surface area contributed by atoms with Gasteiger partial charge < -0.3 is 29.4 Å². The van der Waals surface area contributed by atoms with Crippen LogP contribution in [0.25, 0.3) is 10.9 Å². The highest BCUT2D eigenvalue weighted by atomic mass is 16.7. The molecule has 35 heavy (non-hydrogen) atoms. The van der Waals surface area contributed by atoms with E-state index in [1.165, 1.54) is 0 Å². The van der Waals surface area contributed by atoms with E-state index >= 15 is 0 Å². The zero-order valence-electron chi connectivity index (χ0n) is 19.5. The van der Waals surface area contributed by atoms with E-state index in [0.29, 0.717) is 28.5 Å². The van der Waals surface area contributed by atoms with Crippen molar-refractivity contribution in [1.82, 2.24) is 9.88 Å². The zero-order valence-corrected chi connectivity index (χ0v) is 19.5. The van der Waals surface area contributed by atoms with Gasteiger partial charge in [-0.1, -0.05) is 29.8 Å². The number of benzene rings is 3. The Balaban J connectivity index is 1.48. The number of aromatic amines is 1. The number of anilines is 1. The van der Waals surface area contributed by atoms with Gasteiger partial charge in [0.25, 0.3) is 5.56 Å². The molecule has 2 heterocycles. The van der Waals surface area contributed by atoms with Crippen LogP contribution in [0.4, 0.5) is 10.5 Å². The summed E-state index contributed by atoms with van der Waals surface area (Å²) in [7, 11) is 1.55. The van der Waals surface area contributed by atoms with E-state index in [-0.39, 0.29) is 31.5 Å². The Morgan fingerprint density at radius 3 is 2.71 bits per heavy atom. The van der Waals surface area contributed by atoms with Crippen LogP contribution in [0, 0.1) is 6.92 Å². The van der Waals surface area contributed by atoms with Gasteiger partial charge in [-0.15, -0.1) is 0 Å². The number of methoxy groups -OCH3 is 1. The Labute approximate surface area is 202 Å². The first-order chi connectivity index (χ1) is 17.0. The Morgan fingerprint density at radius 1 is 1.03 bits per heavy atom. The topological polar surface area (TPSA) is 92.9 Å². The summed E-state index contributed by atoms with van der Waals surface area (Å²) in [6.07, 6.45) is 0. The molecular weight excluding hydrogens is 446 g/mol. The molecular formula is C27H25N3O5. The Hall–Kier alpha value is -4.46. The molecule has 178 valence electrons. The molecule has 8 nitrogen and oxygen atoms in total. The number of aryl methyl sites for hydroxylation is 1. The fourth-order valence-electron chi connectivity index (χ4n) is 4.10. The summed E-state index contributed by atoms with van der Waals surface area (Å²) in [5.74, 6) is 1.84. The lowest BCUT2D eigenvalue weighted by Gasteiger charge is -2.24. The summed E-state index contributed by atoms with van der Waals surface area (Å²) in [6.45, 7) is 2.52. The number of para-hydroxylation sites is 2. The maximum Gasteiger partial charge on any atom is 0.322 e. The minimum atomic E-state index is -0.365. The lowest BCUT2D eigenvalue weighted by atomic mass is 10.1. The normalized spacial score (nSPS) is 11.9. The summed E-state index contributed by atoms with van der Waals surface area (Å²) < 4.78 is 16.3. The molecule has 0 spiro atoms. The summed E-state index contributed by atoms with van der Waals surface area (Å²) in [6, 6.07) is 20.0. The number of hydrogen-bond acceptors (Lipinski definition) is 5. The summed E-state index contributed by atoms with van der Waals surface area (Å²) in [5.41, 5.74) is 3.48. The number of ether oxygens (including phenoxy) is 3. The number of nitrogens with zero attached hydrogens (tertiary/aromatic N) is 1. The van der Waals surface area contributed by atoms with Gasteiger partial charge in [-0.3, -0.25) is 4.79 Å². The van der Waals surface area contributed by atoms with E-state index < -0.39 is 0 Å². The SMILES string of the molecule is COc1ccccc1NC(=O)N(Cc1ccc2c(c1)OCO2)Cc1cc2cc(C)ccc2[nH]c1=O. The van der Waals surface area contributed by atoms with Crippen molar-refractivity contribution in [1.29, 1.82) is 0 Å². The first-order valence-electron chi connectivity index (χ1n) is 11.2. The predicted molar refractivity (Wildman–Crippen MR) is 133 cm³/mol. The molecule has 5 rings (SSSR count). The van der Waals surface area contributed by atoms with Gasteiger partial charge in [-0.25, -0.2) is 4.79 Å². The van der Waals surface area contributed by atoms with Gasteiger partial charge in [0.1, 0.15) is 5.75 Å². The maximum atomic E-state index is 13.4. The number of pyridine rings is 1. The number of rotatable bonds is 6. The molecule has 0 unspecified atom stereocenters. The molecule has 2 N–H and O–H groups in total. The second kappa shape index (κ2) is 9.42. The average molecular weight is 472 g/mol. The van der Waals surface area contributed by atoms with E-state index in [1.807, 2.05) is 61.5 Å². The molecule has 1 aromatic heterocycles. The highest BCUT2D eigenvalue weighted by Gasteiger charge is 2.20. The number of H-pyrrole nitrogens is 1. The first-order valence-corrected chi connectivity index (χ1v) is 11.2. The van der Waals surface area contributed by atoms with Crippen LogP contribution in [-0.4, -0.2) is 29.8 Å². The molecule has 0 saturated carbocycles. The van der Waals surface area contributed by atoms with Gasteiger partial charge in [-0.2, -0.15) is 0 Å². The standard InChI is InChI=1S/C27H25N3O5/c1-17-7-9-21-19(11-17)13-20(26(31)28-21)15-30(14-18-8-10-24-25(12-18)35-16-34-24)27(32)29-22-5-3-4-6-23(22)33-2/h3-13H,14-16H2,1-2H3,(H,28,31)(H,29,32). The molecule has 0 aliphatic carbocycles. The van der Waals surface area contributed by atoms with Crippen molar-refractivity contribution in [2.75, 3.05) is 19.2 Å². The fraction of sp³-hybridized carbons (Fsp3) is 0.185. The Kier molecular flexibility index (Phi) is 6.01. The van der Waals surface area contributed by atoms with Crippen molar-refractivity contribution in [3.63, 3.8) is 0 Å². The minimum Gasteiger partial charge on any atom is -0.495 e. The number of urea groups is 1. The van der Waals surface area contributed by atoms with Gasteiger partial charge in [0.05, 0.1) is 19.3 Å². The van der Waals surface area contributed by atoms with Crippen LogP contribution in [0.5, 0.6) is 17.2 Å². The van der Waals surface area contributed by atoms with Gasteiger partial charge in [0, 0.05) is 17.6 Å². The van der Waals surface area contributed by atoms with Crippen molar-refractivity contribution in [3.8, 4) is 17.2 Å². The van der Waals surface area contributed by atoms with Crippen molar-refractivity contribution in [3.05, 3.63) is 93.8 Å². The number of aromatic nitrogens is 1. The largest absolute Gasteiger partial charge is 0.495 e. The van der Waals surface area contributed by atoms with Gasteiger partial charge in [0.2, 0.25) is 6.79 Å². The fourth-order valence-corrected chi connectivity index (χ4v) is 4.10. The lowest BCUT2D eigenvalue weighted by molar-refractivity contribution is 0.174. The number of hydrogen-bond donors (Lipinski definition) is 2. The molecule has 0 radical (unpaired) electrons. The van der Waals surface area contributed by atoms with E-state index in [2.05, 4.69) is 10.3 Å². The zero-order chi connectivity index (χ0) is 24.4. The molecule has 1 aliphatic rings.